The molecule has 0 aliphatic carbocycles. The van der Waals surface area contributed by atoms with Gasteiger partial charge in [0.25, 0.3) is 0 Å². The summed E-state index contributed by atoms with van der Waals surface area (Å²) in [7, 11) is 4.24. The van der Waals surface area contributed by atoms with Gasteiger partial charge in [0.1, 0.15) is 0 Å². The second kappa shape index (κ2) is 11.4. The van der Waals surface area contributed by atoms with Crippen LogP contribution in [0, 0.1) is 0 Å². The lowest BCUT2D eigenvalue weighted by molar-refractivity contribution is 0.445. The van der Waals surface area contributed by atoms with Gasteiger partial charge in [0.05, 0.1) is 12.3 Å². The SMILES string of the molecule is CCS(=O)(=O)N(C)CCCNC(=NC)N(C)Cc1cc(Br)cn1C.I. The van der Waals surface area contributed by atoms with Gasteiger partial charge >= 0.3 is 0 Å². The summed E-state index contributed by atoms with van der Waals surface area (Å²) in [5.74, 6) is 0.918. The molecule has 0 aliphatic rings. The highest BCUT2D eigenvalue weighted by Crippen LogP contribution is 2.14. The number of guanidine groups is 1. The second-order valence-electron chi connectivity index (χ2n) is 5.67. The smallest absolute Gasteiger partial charge is 0.213 e. The summed E-state index contributed by atoms with van der Waals surface area (Å²) in [6.45, 7) is 3.54. The van der Waals surface area contributed by atoms with Crippen molar-refractivity contribution in [3.05, 3.63) is 22.4 Å². The molecule has 1 N–H and O–H groups in total. The van der Waals surface area contributed by atoms with Gasteiger partial charge in [-0.1, -0.05) is 0 Å². The van der Waals surface area contributed by atoms with Gasteiger partial charge in [0.2, 0.25) is 10.0 Å². The number of nitrogens with one attached hydrogen (secondary N) is 1. The summed E-state index contributed by atoms with van der Waals surface area (Å²) in [4.78, 5) is 6.32. The molecule has 1 heterocycles. The molecule has 0 radical (unpaired) electrons. The number of halogens is 2. The fourth-order valence-corrected chi connectivity index (χ4v) is 3.71. The monoisotopic (exact) mass is 549 g/mol. The van der Waals surface area contributed by atoms with E-state index in [0.29, 0.717) is 13.1 Å². The Morgan fingerprint density at radius 1 is 1.40 bits per heavy atom. The normalized spacial score (nSPS) is 12.2. The Morgan fingerprint density at radius 2 is 2.04 bits per heavy atom. The Kier molecular flexibility index (Phi) is 11.2. The molecule has 0 unspecified atom stereocenters. The van der Waals surface area contributed by atoms with E-state index in [1.807, 2.05) is 25.2 Å². The van der Waals surface area contributed by atoms with Crippen molar-refractivity contribution in [3.8, 4) is 0 Å². The fraction of sp³-hybridized carbons (Fsp3) is 0.667. The second-order valence-corrected chi connectivity index (χ2v) is 8.95. The van der Waals surface area contributed by atoms with Crippen LogP contribution in [0.15, 0.2) is 21.7 Å². The summed E-state index contributed by atoms with van der Waals surface area (Å²) in [6, 6.07) is 2.08. The molecule has 146 valence electrons. The number of sulfonamides is 1. The van der Waals surface area contributed by atoms with E-state index >= 15 is 0 Å². The quantitative estimate of drug-likeness (QED) is 0.233. The van der Waals surface area contributed by atoms with Crippen molar-refractivity contribution in [3.63, 3.8) is 0 Å². The molecule has 1 rings (SSSR count). The zero-order chi connectivity index (χ0) is 18.3. The minimum Gasteiger partial charge on any atom is -0.356 e. The van der Waals surface area contributed by atoms with E-state index in [1.165, 1.54) is 10.00 Å². The van der Waals surface area contributed by atoms with E-state index in [1.54, 1.807) is 21.0 Å². The van der Waals surface area contributed by atoms with Crippen LogP contribution in [0.4, 0.5) is 0 Å². The number of hydrogen-bond donors (Lipinski definition) is 1. The van der Waals surface area contributed by atoms with Crippen molar-refractivity contribution >= 4 is 55.9 Å². The molecular weight excluding hydrogens is 521 g/mol. The standard InChI is InChI=1S/C15H28BrN5O2S.HI/c1-6-24(22,23)21(5)9-7-8-18-15(17-2)20(4)12-14-10-13(16)11-19(14)3;/h10-11H,6-9,12H2,1-5H3,(H,17,18);1H. The summed E-state index contributed by atoms with van der Waals surface area (Å²) < 4.78 is 27.9. The average Bonchev–Trinajstić information content (AvgIpc) is 2.84. The lowest BCUT2D eigenvalue weighted by Gasteiger charge is -2.23. The summed E-state index contributed by atoms with van der Waals surface area (Å²) in [5, 5.41) is 3.27. The first kappa shape index (κ1) is 24.7. The summed E-state index contributed by atoms with van der Waals surface area (Å²) >= 11 is 3.47. The Labute approximate surface area is 177 Å². The third-order valence-electron chi connectivity index (χ3n) is 3.82. The zero-order valence-corrected chi connectivity index (χ0v) is 20.2. The van der Waals surface area contributed by atoms with Crippen molar-refractivity contribution in [2.45, 2.75) is 19.9 Å². The molecular formula is C15H29BrIN5O2S. The molecule has 0 spiro atoms. The first-order chi connectivity index (χ1) is 11.2. The van der Waals surface area contributed by atoms with Crippen LogP contribution in [0.3, 0.4) is 0 Å². The Bertz CT molecular complexity index is 663. The average molecular weight is 550 g/mol. The first-order valence-corrected chi connectivity index (χ1v) is 10.3. The molecule has 1 aromatic heterocycles. The van der Waals surface area contributed by atoms with Crippen LogP contribution in [0.1, 0.15) is 19.0 Å². The minimum atomic E-state index is -3.11. The van der Waals surface area contributed by atoms with Crippen molar-refractivity contribution in [1.82, 2.24) is 19.1 Å². The molecule has 10 heteroatoms. The Hall–Kier alpha value is -0.330. The van der Waals surface area contributed by atoms with Gasteiger partial charge in [0, 0.05) is 57.6 Å². The minimum absolute atomic E-state index is 0. The van der Waals surface area contributed by atoms with Crippen LogP contribution < -0.4 is 5.32 Å². The van der Waals surface area contributed by atoms with Crippen LogP contribution in [0.5, 0.6) is 0 Å². The van der Waals surface area contributed by atoms with E-state index in [0.717, 1.165) is 23.4 Å². The van der Waals surface area contributed by atoms with E-state index in [9.17, 15) is 8.42 Å². The van der Waals surface area contributed by atoms with Crippen LogP contribution in [0.2, 0.25) is 0 Å². The van der Waals surface area contributed by atoms with Crippen LogP contribution in [-0.2, 0) is 23.6 Å². The molecule has 0 aliphatic heterocycles. The van der Waals surface area contributed by atoms with Crippen molar-refractivity contribution < 1.29 is 8.42 Å². The van der Waals surface area contributed by atoms with Crippen LogP contribution in [-0.4, -0.2) is 68.1 Å². The highest BCUT2D eigenvalue weighted by molar-refractivity contribution is 14.0. The molecule has 0 bridgehead atoms. The van der Waals surface area contributed by atoms with Crippen molar-refractivity contribution in [2.24, 2.45) is 12.0 Å². The van der Waals surface area contributed by atoms with E-state index in [4.69, 9.17) is 0 Å². The molecule has 25 heavy (non-hydrogen) atoms. The van der Waals surface area contributed by atoms with E-state index in [2.05, 4.69) is 36.9 Å². The molecule has 0 amide bonds. The number of nitrogens with zero attached hydrogens (tertiary/aromatic N) is 4. The maximum atomic E-state index is 11.7. The highest BCUT2D eigenvalue weighted by atomic mass is 127. The molecule has 7 nitrogen and oxygen atoms in total. The van der Waals surface area contributed by atoms with Crippen LogP contribution in [0.25, 0.3) is 0 Å². The number of aliphatic imine (C=N–C) groups is 1. The van der Waals surface area contributed by atoms with Gasteiger partial charge in [0.15, 0.2) is 5.96 Å². The van der Waals surface area contributed by atoms with Gasteiger partial charge in [-0.2, -0.15) is 0 Å². The highest BCUT2D eigenvalue weighted by Gasteiger charge is 2.14. The van der Waals surface area contributed by atoms with Gasteiger partial charge < -0.3 is 14.8 Å². The molecule has 1 aromatic rings. The van der Waals surface area contributed by atoms with Gasteiger partial charge in [-0.05, 0) is 35.3 Å². The van der Waals surface area contributed by atoms with E-state index < -0.39 is 10.0 Å². The van der Waals surface area contributed by atoms with E-state index in [-0.39, 0.29) is 29.7 Å². The predicted octanol–water partition coefficient (Wildman–Crippen LogP) is 2.08. The summed E-state index contributed by atoms with van der Waals surface area (Å²) in [6.07, 6.45) is 2.74. The molecule has 0 saturated heterocycles. The number of hydrogen-bond acceptors (Lipinski definition) is 3. The molecule has 0 fully saturated rings. The zero-order valence-electron chi connectivity index (χ0n) is 15.5. The maximum Gasteiger partial charge on any atom is 0.213 e. The Morgan fingerprint density at radius 3 is 2.52 bits per heavy atom. The van der Waals surface area contributed by atoms with Crippen molar-refractivity contribution in [2.75, 3.05) is 40.0 Å². The van der Waals surface area contributed by atoms with Gasteiger partial charge in [-0.25, -0.2) is 12.7 Å². The lowest BCUT2D eigenvalue weighted by atomic mass is 10.4. The largest absolute Gasteiger partial charge is 0.356 e. The molecule has 0 atom stereocenters. The third kappa shape index (κ3) is 7.83. The Balaban J connectivity index is 0.00000576. The lowest BCUT2D eigenvalue weighted by Crippen LogP contribution is -2.40. The van der Waals surface area contributed by atoms with Gasteiger partial charge in [-0.3, -0.25) is 4.99 Å². The molecule has 0 saturated carbocycles. The van der Waals surface area contributed by atoms with Crippen molar-refractivity contribution in [1.29, 1.82) is 0 Å². The summed E-state index contributed by atoms with van der Waals surface area (Å²) in [5.41, 5.74) is 1.17. The first-order valence-electron chi connectivity index (χ1n) is 7.87. The third-order valence-corrected chi connectivity index (χ3v) is 6.12. The number of aryl methyl sites for hydroxylation is 1. The maximum absolute atomic E-state index is 11.7. The molecule has 0 aromatic carbocycles. The van der Waals surface area contributed by atoms with Gasteiger partial charge in [-0.15, -0.1) is 24.0 Å². The topological polar surface area (TPSA) is 69.9 Å². The number of rotatable bonds is 8. The fourth-order valence-electron chi connectivity index (χ4n) is 2.29. The number of aromatic nitrogens is 1. The van der Waals surface area contributed by atoms with Crippen LogP contribution >= 0.6 is 39.9 Å². The predicted molar refractivity (Wildman–Crippen MR) is 118 cm³/mol.